The van der Waals surface area contributed by atoms with E-state index in [0.29, 0.717) is 35.7 Å². The lowest BCUT2D eigenvalue weighted by atomic mass is 10.2. The van der Waals surface area contributed by atoms with Gasteiger partial charge in [-0.05, 0) is 70.0 Å². The number of halogens is 2. The summed E-state index contributed by atoms with van der Waals surface area (Å²) in [6.07, 6.45) is 2.70. The molecule has 0 saturated heterocycles. The van der Waals surface area contributed by atoms with Gasteiger partial charge >= 0.3 is 0 Å². The Labute approximate surface area is 177 Å². The van der Waals surface area contributed by atoms with Crippen molar-refractivity contribution in [3.8, 4) is 5.75 Å². The lowest BCUT2D eigenvalue weighted by Gasteiger charge is -2.30. The third kappa shape index (κ3) is 6.95. The zero-order chi connectivity index (χ0) is 22.3. The molecule has 6 heteroatoms. The van der Waals surface area contributed by atoms with E-state index in [4.69, 9.17) is 4.74 Å². The third-order valence-electron chi connectivity index (χ3n) is 4.76. The van der Waals surface area contributed by atoms with Crippen LogP contribution in [0.2, 0.25) is 0 Å². The number of amides is 1. The minimum Gasteiger partial charge on any atom is -0.492 e. The molecule has 0 aromatic heterocycles. The van der Waals surface area contributed by atoms with Crippen molar-refractivity contribution in [2.45, 2.75) is 46.7 Å². The second-order valence-corrected chi connectivity index (χ2v) is 7.75. The quantitative estimate of drug-likeness (QED) is 0.555. The maximum absolute atomic E-state index is 13.2. The third-order valence-corrected chi connectivity index (χ3v) is 4.76. The van der Waals surface area contributed by atoms with Gasteiger partial charge in [0.2, 0.25) is 5.91 Å². The van der Waals surface area contributed by atoms with E-state index in [1.165, 1.54) is 18.2 Å². The normalized spacial score (nSPS) is 11.7. The molecule has 162 valence electrons. The summed E-state index contributed by atoms with van der Waals surface area (Å²) in [5.74, 6) is -1.54. The highest BCUT2D eigenvalue weighted by molar-refractivity contribution is 6.02. The lowest BCUT2D eigenvalue weighted by molar-refractivity contribution is -0.111. The molecule has 0 heterocycles. The summed E-state index contributed by atoms with van der Waals surface area (Å²) in [6.45, 7) is 12.0. The predicted molar refractivity (Wildman–Crippen MR) is 118 cm³/mol. The van der Waals surface area contributed by atoms with Crippen molar-refractivity contribution < 1.29 is 18.3 Å². The number of benzene rings is 2. The maximum Gasteiger partial charge on any atom is 0.248 e. The van der Waals surface area contributed by atoms with Crippen LogP contribution in [0.1, 0.15) is 38.8 Å². The number of nitrogens with one attached hydrogen (secondary N) is 1. The summed E-state index contributed by atoms with van der Waals surface area (Å²) >= 11 is 0. The molecule has 0 radical (unpaired) electrons. The standard InChI is InChI=1S/C24H30F2N2O2/c1-16(2)28(17(3)4)12-13-30-23-15-20(9-6-18(23)5)27-24(29)11-8-19-7-10-21(25)22(26)14-19/h6-11,14-17H,12-13H2,1-5H3,(H,27,29). The number of ether oxygens (including phenoxy) is 1. The van der Waals surface area contributed by atoms with Crippen LogP contribution in [0.3, 0.4) is 0 Å². The molecule has 0 aliphatic heterocycles. The van der Waals surface area contributed by atoms with Gasteiger partial charge in [-0.15, -0.1) is 0 Å². The summed E-state index contributed by atoms with van der Waals surface area (Å²) in [5.41, 5.74) is 1.97. The van der Waals surface area contributed by atoms with Gasteiger partial charge in [0.1, 0.15) is 12.4 Å². The fourth-order valence-corrected chi connectivity index (χ4v) is 3.18. The summed E-state index contributed by atoms with van der Waals surface area (Å²) in [4.78, 5) is 14.5. The van der Waals surface area contributed by atoms with Gasteiger partial charge in [-0.3, -0.25) is 9.69 Å². The van der Waals surface area contributed by atoms with Crippen LogP contribution >= 0.6 is 0 Å². The van der Waals surface area contributed by atoms with E-state index in [9.17, 15) is 13.6 Å². The SMILES string of the molecule is Cc1ccc(NC(=O)C=Cc2ccc(F)c(F)c2)cc1OCCN(C(C)C)C(C)C. The molecule has 0 aliphatic carbocycles. The molecule has 0 saturated carbocycles. The van der Waals surface area contributed by atoms with Crippen LogP contribution in [0.25, 0.3) is 6.08 Å². The van der Waals surface area contributed by atoms with Crippen LogP contribution in [0.15, 0.2) is 42.5 Å². The molecule has 0 aliphatic rings. The Hall–Kier alpha value is -2.73. The average Bonchev–Trinajstić information content (AvgIpc) is 2.67. The first-order valence-electron chi connectivity index (χ1n) is 10.1. The Balaban J connectivity index is 1.97. The summed E-state index contributed by atoms with van der Waals surface area (Å²) in [5, 5.41) is 2.76. The van der Waals surface area contributed by atoms with Gasteiger partial charge in [-0.1, -0.05) is 12.1 Å². The number of carbonyl (C=O) groups is 1. The van der Waals surface area contributed by atoms with Crippen LogP contribution in [0.4, 0.5) is 14.5 Å². The summed E-state index contributed by atoms with van der Waals surface area (Å²) in [7, 11) is 0. The van der Waals surface area contributed by atoms with Crippen LogP contribution in [0.5, 0.6) is 5.75 Å². The van der Waals surface area contributed by atoms with Crippen LogP contribution in [-0.2, 0) is 4.79 Å². The molecule has 1 amide bonds. The second kappa shape index (κ2) is 10.9. The van der Waals surface area contributed by atoms with Crippen molar-refractivity contribution in [2.24, 2.45) is 0 Å². The topological polar surface area (TPSA) is 41.6 Å². The molecule has 0 unspecified atom stereocenters. The smallest absolute Gasteiger partial charge is 0.248 e. The van der Waals surface area contributed by atoms with Crippen LogP contribution < -0.4 is 10.1 Å². The molecule has 30 heavy (non-hydrogen) atoms. The minimum atomic E-state index is -0.952. The van der Waals surface area contributed by atoms with Gasteiger partial charge in [0.05, 0.1) is 0 Å². The van der Waals surface area contributed by atoms with Gasteiger partial charge in [0.15, 0.2) is 11.6 Å². The Morgan fingerprint density at radius 1 is 1.07 bits per heavy atom. The molecular weight excluding hydrogens is 386 g/mol. The molecule has 2 aromatic rings. The van der Waals surface area contributed by atoms with E-state index in [-0.39, 0.29) is 5.91 Å². The van der Waals surface area contributed by atoms with E-state index in [1.54, 1.807) is 12.1 Å². The zero-order valence-electron chi connectivity index (χ0n) is 18.2. The first-order valence-corrected chi connectivity index (χ1v) is 10.1. The fraction of sp³-hybridized carbons (Fsp3) is 0.375. The molecule has 2 rings (SSSR count). The Morgan fingerprint density at radius 3 is 2.40 bits per heavy atom. The summed E-state index contributed by atoms with van der Waals surface area (Å²) in [6, 6.07) is 9.78. The number of hydrogen-bond acceptors (Lipinski definition) is 3. The van der Waals surface area contributed by atoms with Crippen molar-refractivity contribution in [2.75, 3.05) is 18.5 Å². The first kappa shape index (κ1) is 23.5. The van der Waals surface area contributed by atoms with Crippen molar-refractivity contribution in [1.82, 2.24) is 4.90 Å². The monoisotopic (exact) mass is 416 g/mol. The molecule has 2 aromatic carbocycles. The van der Waals surface area contributed by atoms with E-state index in [0.717, 1.165) is 24.2 Å². The first-order chi connectivity index (χ1) is 14.2. The largest absolute Gasteiger partial charge is 0.492 e. The van der Waals surface area contributed by atoms with E-state index >= 15 is 0 Å². The zero-order valence-corrected chi connectivity index (χ0v) is 18.2. The van der Waals surface area contributed by atoms with Gasteiger partial charge in [0, 0.05) is 36.5 Å². The van der Waals surface area contributed by atoms with Crippen LogP contribution in [-0.4, -0.2) is 36.0 Å². The Bertz CT molecular complexity index is 887. The van der Waals surface area contributed by atoms with Gasteiger partial charge in [0.25, 0.3) is 0 Å². The van der Waals surface area contributed by atoms with Crippen molar-refractivity contribution >= 4 is 17.7 Å². The highest BCUT2D eigenvalue weighted by Crippen LogP contribution is 2.23. The van der Waals surface area contributed by atoms with Gasteiger partial charge in [-0.25, -0.2) is 8.78 Å². The van der Waals surface area contributed by atoms with E-state index in [1.807, 2.05) is 13.0 Å². The number of anilines is 1. The van der Waals surface area contributed by atoms with Crippen molar-refractivity contribution in [1.29, 1.82) is 0 Å². The molecule has 0 spiro atoms. The fourth-order valence-electron chi connectivity index (χ4n) is 3.18. The predicted octanol–water partition coefficient (Wildman–Crippen LogP) is 5.42. The number of carbonyl (C=O) groups excluding carboxylic acids is 1. The van der Waals surface area contributed by atoms with Gasteiger partial charge < -0.3 is 10.1 Å². The minimum absolute atomic E-state index is 0.375. The van der Waals surface area contributed by atoms with E-state index < -0.39 is 11.6 Å². The van der Waals surface area contributed by atoms with Crippen molar-refractivity contribution in [3.63, 3.8) is 0 Å². The highest BCUT2D eigenvalue weighted by Gasteiger charge is 2.13. The molecule has 0 atom stereocenters. The molecule has 1 N–H and O–H groups in total. The van der Waals surface area contributed by atoms with E-state index in [2.05, 4.69) is 37.9 Å². The van der Waals surface area contributed by atoms with Crippen molar-refractivity contribution in [3.05, 3.63) is 65.2 Å². The molecule has 0 bridgehead atoms. The second-order valence-electron chi connectivity index (χ2n) is 7.75. The Morgan fingerprint density at radius 2 is 1.77 bits per heavy atom. The average molecular weight is 417 g/mol. The highest BCUT2D eigenvalue weighted by atomic mass is 19.2. The Kier molecular flexibility index (Phi) is 8.54. The number of hydrogen-bond donors (Lipinski definition) is 1. The maximum atomic E-state index is 13.2. The number of nitrogens with zero attached hydrogens (tertiary/aromatic N) is 1. The number of rotatable bonds is 9. The van der Waals surface area contributed by atoms with Gasteiger partial charge in [-0.2, -0.15) is 0 Å². The summed E-state index contributed by atoms with van der Waals surface area (Å²) < 4.78 is 32.2. The number of aryl methyl sites for hydroxylation is 1. The molecular formula is C24H30F2N2O2. The molecule has 4 nitrogen and oxygen atoms in total. The molecule has 0 fully saturated rings. The van der Waals surface area contributed by atoms with Crippen LogP contribution in [0, 0.1) is 18.6 Å². The lowest BCUT2D eigenvalue weighted by Crippen LogP contribution is -2.39.